The van der Waals surface area contributed by atoms with E-state index in [1.807, 2.05) is 0 Å². The van der Waals surface area contributed by atoms with Crippen molar-refractivity contribution in [1.29, 1.82) is 0 Å². The molecule has 19 heavy (non-hydrogen) atoms. The largest absolute Gasteiger partial charge is 0.340 e. The van der Waals surface area contributed by atoms with Crippen molar-refractivity contribution >= 4 is 23.2 Å². The van der Waals surface area contributed by atoms with Crippen molar-refractivity contribution in [3.63, 3.8) is 0 Å². The van der Waals surface area contributed by atoms with Crippen LogP contribution in [-0.4, -0.2) is 28.3 Å². The van der Waals surface area contributed by atoms with Crippen molar-refractivity contribution in [2.24, 2.45) is 5.73 Å². The Labute approximate surface area is 116 Å². The second kappa shape index (κ2) is 5.54. The molecule has 1 rings (SSSR count). The van der Waals surface area contributed by atoms with Gasteiger partial charge in [-0.15, -0.1) is 0 Å². The molecule has 0 spiro atoms. The van der Waals surface area contributed by atoms with E-state index in [2.05, 4.69) is 0 Å². The number of non-ortho nitro benzene ring substituents is 1. The summed E-state index contributed by atoms with van der Waals surface area (Å²) >= 11 is 5.97. The molecule has 0 saturated carbocycles. The highest BCUT2D eigenvalue weighted by Crippen LogP contribution is 2.23. The highest BCUT2D eigenvalue weighted by atomic mass is 35.5. The molecule has 0 fully saturated rings. The minimum absolute atomic E-state index is 0.0627. The number of amides is 1. The third kappa shape index (κ3) is 3.90. The van der Waals surface area contributed by atoms with Crippen LogP contribution in [0.5, 0.6) is 0 Å². The van der Waals surface area contributed by atoms with Crippen molar-refractivity contribution in [2.75, 3.05) is 7.05 Å². The van der Waals surface area contributed by atoms with Gasteiger partial charge in [-0.1, -0.05) is 11.6 Å². The third-order valence-corrected chi connectivity index (χ3v) is 2.91. The van der Waals surface area contributed by atoms with Gasteiger partial charge in [-0.2, -0.15) is 0 Å². The number of nitro benzene ring substituents is 1. The quantitative estimate of drug-likeness (QED) is 0.676. The van der Waals surface area contributed by atoms with E-state index in [9.17, 15) is 14.9 Å². The molecule has 0 radical (unpaired) electrons. The summed E-state index contributed by atoms with van der Waals surface area (Å²) in [5.74, 6) is -0.268. The summed E-state index contributed by atoms with van der Waals surface area (Å²) in [6.45, 7) is 3.36. The number of hydrogen-bond acceptors (Lipinski definition) is 4. The lowest BCUT2D eigenvalue weighted by atomic mass is 10.1. The second-order valence-electron chi connectivity index (χ2n) is 4.92. The molecule has 6 nitrogen and oxygen atoms in total. The molecule has 0 saturated heterocycles. The Balaban J connectivity index is 2.96. The molecular formula is C12H16ClN3O3. The fourth-order valence-corrected chi connectivity index (χ4v) is 1.79. The summed E-state index contributed by atoms with van der Waals surface area (Å²) in [5.41, 5.74) is 5.17. The average molecular weight is 286 g/mol. The van der Waals surface area contributed by atoms with Crippen molar-refractivity contribution in [2.45, 2.75) is 25.9 Å². The third-order valence-electron chi connectivity index (χ3n) is 2.55. The van der Waals surface area contributed by atoms with E-state index in [1.165, 1.54) is 23.1 Å². The van der Waals surface area contributed by atoms with Crippen LogP contribution in [0, 0.1) is 10.1 Å². The minimum Gasteiger partial charge on any atom is -0.340 e. The van der Waals surface area contributed by atoms with Crippen molar-refractivity contribution < 1.29 is 9.72 Å². The van der Waals surface area contributed by atoms with Crippen LogP contribution < -0.4 is 5.73 Å². The lowest BCUT2D eigenvalue weighted by Gasteiger charge is -2.26. The van der Waals surface area contributed by atoms with E-state index in [1.54, 1.807) is 20.9 Å². The number of nitrogens with two attached hydrogens (primary N) is 1. The molecule has 1 amide bonds. The Kier molecular flexibility index (Phi) is 4.49. The first-order valence-corrected chi connectivity index (χ1v) is 5.98. The number of carbonyl (C=O) groups excluding carboxylic acids is 1. The van der Waals surface area contributed by atoms with Gasteiger partial charge in [-0.25, -0.2) is 0 Å². The topological polar surface area (TPSA) is 89.5 Å². The first-order valence-electron chi connectivity index (χ1n) is 5.60. The van der Waals surface area contributed by atoms with Crippen molar-refractivity contribution in [3.8, 4) is 0 Å². The maximum absolute atomic E-state index is 11.9. The number of likely N-dealkylation sites (N-methyl/N-ethyl adjacent to an activating group) is 1. The molecule has 0 unspecified atom stereocenters. The molecule has 0 aliphatic heterocycles. The van der Waals surface area contributed by atoms with Gasteiger partial charge in [0.25, 0.3) is 5.69 Å². The van der Waals surface area contributed by atoms with E-state index >= 15 is 0 Å². The van der Waals surface area contributed by atoms with E-state index in [0.717, 1.165) is 0 Å². The van der Waals surface area contributed by atoms with Gasteiger partial charge in [0, 0.05) is 30.7 Å². The lowest BCUT2D eigenvalue weighted by Crippen LogP contribution is -2.49. The predicted octanol–water partition coefficient (Wildman–Crippen LogP) is 1.94. The second-order valence-corrected chi connectivity index (χ2v) is 5.32. The first-order chi connectivity index (χ1) is 8.62. The number of halogens is 1. The van der Waals surface area contributed by atoms with Gasteiger partial charge in [0.05, 0.1) is 10.5 Å². The van der Waals surface area contributed by atoms with Crippen LogP contribution in [0.15, 0.2) is 18.2 Å². The summed E-state index contributed by atoms with van der Waals surface area (Å²) in [6.07, 6.45) is 0. The zero-order valence-electron chi connectivity index (χ0n) is 11.0. The fourth-order valence-electron chi connectivity index (χ4n) is 1.62. The van der Waals surface area contributed by atoms with E-state index in [0.29, 0.717) is 10.6 Å². The Morgan fingerprint density at radius 3 is 2.58 bits per heavy atom. The molecule has 7 heteroatoms. The Morgan fingerprint density at radius 1 is 1.53 bits per heavy atom. The molecule has 0 aliphatic rings. The number of nitrogens with zero attached hydrogens (tertiary/aromatic N) is 2. The van der Waals surface area contributed by atoms with Gasteiger partial charge in [0.15, 0.2) is 0 Å². The van der Waals surface area contributed by atoms with Crippen molar-refractivity contribution in [3.05, 3.63) is 38.9 Å². The monoisotopic (exact) mass is 285 g/mol. The molecule has 0 bridgehead atoms. The molecule has 0 heterocycles. The summed E-state index contributed by atoms with van der Waals surface area (Å²) in [5, 5.41) is 11.1. The number of benzene rings is 1. The highest BCUT2D eigenvalue weighted by molar-refractivity contribution is 6.31. The van der Waals surface area contributed by atoms with Crippen LogP contribution in [-0.2, 0) is 11.3 Å². The van der Waals surface area contributed by atoms with Crippen molar-refractivity contribution in [1.82, 2.24) is 4.90 Å². The molecule has 2 N–H and O–H groups in total. The molecular weight excluding hydrogens is 270 g/mol. The van der Waals surface area contributed by atoms with Crippen LogP contribution in [0.1, 0.15) is 19.4 Å². The predicted molar refractivity (Wildman–Crippen MR) is 72.8 cm³/mol. The summed E-state index contributed by atoms with van der Waals surface area (Å²) in [6, 6.07) is 4.12. The van der Waals surface area contributed by atoms with Crippen LogP contribution >= 0.6 is 11.6 Å². The number of rotatable bonds is 4. The number of hydrogen-bond donors (Lipinski definition) is 1. The highest BCUT2D eigenvalue weighted by Gasteiger charge is 2.26. The summed E-state index contributed by atoms with van der Waals surface area (Å²) in [7, 11) is 1.58. The average Bonchev–Trinajstić information content (AvgIpc) is 2.29. The molecule has 104 valence electrons. The lowest BCUT2D eigenvalue weighted by molar-refractivity contribution is -0.384. The van der Waals surface area contributed by atoms with Crippen LogP contribution in [0.2, 0.25) is 5.02 Å². The summed E-state index contributed by atoms with van der Waals surface area (Å²) < 4.78 is 0. The fraction of sp³-hybridized carbons (Fsp3) is 0.417. The van der Waals surface area contributed by atoms with Gasteiger partial charge in [0.1, 0.15) is 0 Å². The van der Waals surface area contributed by atoms with Crippen LogP contribution in [0.4, 0.5) is 5.69 Å². The Morgan fingerprint density at radius 2 is 2.11 bits per heavy atom. The van der Waals surface area contributed by atoms with Gasteiger partial charge in [0.2, 0.25) is 5.91 Å². The smallest absolute Gasteiger partial charge is 0.269 e. The SMILES string of the molecule is CN(Cc1cc([N+](=O)[O-])ccc1Cl)C(=O)C(C)(C)N. The van der Waals surface area contributed by atoms with E-state index < -0.39 is 10.5 Å². The summed E-state index contributed by atoms with van der Waals surface area (Å²) in [4.78, 5) is 23.5. The van der Waals surface area contributed by atoms with E-state index in [4.69, 9.17) is 17.3 Å². The minimum atomic E-state index is -0.998. The maximum Gasteiger partial charge on any atom is 0.269 e. The normalized spacial score (nSPS) is 11.2. The standard InChI is InChI=1S/C12H16ClN3O3/c1-12(2,14)11(17)15(3)7-8-6-9(16(18)19)4-5-10(8)13/h4-6H,7,14H2,1-3H3. The van der Waals surface area contributed by atoms with Gasteiger partial charge < -0.3 is 10.6 Å². The molecule has 1 aromatic carbocycles. The molecule has 1 aromatic rings. The molecule has 0 aromatic heterocycles. The molecule has 0 aliphatic carbocycles. The van der Waals surface area contributed by atoms with Gasteiger partial charge in [-0.05, 0) is 25.5 Å². The van der Waals surface area contributed by atoms with Crippen LogP contribution in [0.25, 0.3) is 0 Å². The van der Waals surface area contributed by atoms with Gasteiger partial charge >= 0.3 is 0 Å². The zero-order valence-corrected chi connectivity index (χ0v) is 11.8. The molecule has 0 atom stereocenters. The van der Waals surface area contributed by atoms with Crippen LogP contribution in [0.3, 0.4) is 0 Å². The first kappa shape index (κ1) is 15.4. The Hall–Kier alpha value is -1.66. The maximum atomic E-state index is 11.9. The van der Waals surface area contributed by atoms with E-state index in [-0.39, 0.29) is 18.1 Å². The number of carbonyl (C=O) groups is 1. The zero-order chi connectivity index (χ0) is 14.8. The van der Waals surface area contributed by atoms with Gasteiger partial charge in [-0.3, -0.25) is 14.9 Å². The Bertz CT molecular complexity index is 511. The number of nitro groups is 1.